The zero-order chi connectivity index (χ0) is 8.59. The summed E-state index contributed by atoms with van der Waals surface area (Å²) in [6.45, 7) is 8.27. The first-order valence-electron chi connectivity index (χ1n) is 4.24. The molecular weight excluding hydrogens is 136 g/mol. The van der Waals surface area contributed by atoms with Gasteiger partial charge in [0.2, 0.25) is 0 Å². The molecule has 0 heterocycles. The molecule has 0 aromatic rings. The first kappa shape index (κ1) is 8.51. The fraction of sp³-hybridized carbons (Fsp3) is 0.700. The van der Waals surface area contributed by atoms with Crippen molar-refractivity contribution in [2.45, 2.75) is 34.1 Å². The average molecular weight is 152 g/mol. The lowest BCUT2D eigenvalue weighted by molar-refractivity contribution is -0.125. The Morgan fingerprint density at radius 1 is 1.45 bits per heavy atom. The lowest BCUT2D eigenvalue weighted by Gasteiger charge is -2.31. The first-order valence-corrected chi connectivity index (χ1v) is 4.24. The third kappa shape index (κ3) is 1.37. The number of carbonyl (C=O) groups is 1. The van der Waals surface area contributed by atoms with Crippen LogP contribution in [-0.2, 0) is 4.79 Å². The molecule has 0 aromatic heterocycles. The zero-order valence-corrected chi connectivity index (χ0v) is 7.77. The number of Topliss-reactive ketones (excluding diaryl/α,β-unsaturated/α-hetero) is 1. The minimum absolute atomic E-state index is 0.319. The van der Waals surface area contributed by atoms with Gasteiger partial charge >= 0.3 is 0 Å². The van der Waals surface area contributed by atoms with Crippen LogP contribution in [0.2, 0.25) is 0 Å². The quantitative estimate of drug-likeness (QED) is 0.528. The molecule has 1 rings (SSSR count). The maximum atomic E-state index is 11.4. The van der Waals surface area contributed by atoms with Crippen molar-refractivity contribution in [2.75, 3.05) is 0 Å². The molecule has 1 saturated carbocycles. The second kappa shape index (κ2) is 2.80. The normalized spacial score (nSPS) is 23.9. The van der Waals surface area contributed by atoms with Gasteiger partial charge in [0, 0.05) is 5.92 Å². The number of carbonyl (C=O) groups excluding carboxylic acids is 1. The van der Waals surface area contributed by atoms with Gasteiger partial charge < -0.3 is 0 Å². The molecule has 0 saturated heterocycles. The molecule has 1 unspecified atom stereocenters. The summed E-state index contributed by atoms with van der Waals surface area (Å²) >= 11 is 0. The maximum absolute atomic E-state index is 11.4. The lowest BCUT2D eigenvalue weighted by Crippen LogP contribution is -2.33. The minimum atomic E-state index is 0.319. The molecule has 11 heavy (non-hydrogen) atoms. The molecule has 1 nitrogen and oxygen atoms in total. The summed E-state index contributed by atoms with van der Waals surface area (Å²) in [7, 11) is 0. The van der Waals surface area contributed by atoms with Gasteiger partial charge in [0.25, 0.3) is 0 Å². The lowest BCUT2D eigenvalue weighted by atomic mass is 9.71. The third-order valence-electron chi connectivity index (χ3n) is 2.47. The molecule has 0 aromatic carbocycles. The average Bonchev–Trinajstić information content (AvgIpc) is 1.82. The van der Waals surface area contributed by atoms with E-state index in [1.807, 2.05) is 13.8 Å². The zero-order valence-electron chi connectivity index (χ0n) is 7.77. The van der Waals surface area contributed by atoms with E-state index in [0.29, 0.717) is 17.6 Å². The van der Waals surface area contributed by atoms with Crippen LogP contribution in [0.25, 0.3) is 0 Å². The monoisotopic (exact) mass is 152 g/mol. The summed E-state index contributed by atoms with van der Waals surface area (Å²) in [6, 6.07) is 0. The van der Waals surface area contributed by atoms with Gasteiger partial charge in [0.05, 0.1) is 0 Å². The topological polar surface area (TPSA) is 17.1 Å². The molecule has 1 aliphatic carbocycles. The summed E-state index contributed by atoms with van der Waals surface area (Å²) < 4.78 is 0. The number of ketones is 1. The van der Waals surface area contributed by atoms with Crippen LogP contribution in [0.15, 0.2) is 11.1 Å². The molecule has 0 aliphatic heterocycles. The highest BCUT2D eigenvalue weighted by molar-refractivity contribution is 6.04. The van der Waals surface area contributed by atoms with Crippen LogP contribution >= 0.6 is 0 Å². The van der Waals surface area contributed by atoms with Crippen LogP contribution in [-0.4, -0.2) is 5.78 Å². The standard InChI is InChI=1S/C10H16O/c1-6(2)8-5-9(7(3)4)10(8)11/h6,8H,5H2,1-4H3. The highest BCUT2D eigenvalue weighted by Gasteiger charge is 2.36. The van der Waals surface area contributed by atoms with Crippen LogP contribution < -0.4 is 0 Å². The number of hydrogen-bond acceptors (Lipinski definition) is 1. The predicted molar refractivity (Wildman–Crippen MR) is 46.3 cm³/mol. The van der Waals surface area contributed by atoms with Crippen molar-refractivity contribution < 1.29 is 4.79 Å². The van der Waals surface area contributed by atoms with Gasteiger partial charge in [0.1, 0.15) is 0 Å². The molecular formula is C10H16O. The highest BCUT2D eigenvalue weighted by atomic mass is 16.1. The molecule has 1 fully saturated rings. The van der Waals surface area contributed by atoms with E-state index in [9.17, 15) is 4.79 Å². The second-order valence-corrected chi connectivity index (χ2v) is 3.90. The van der Waals surface area contributed by atoms with Crippen molar-refractivity contribution >= 4 is 5.78 Å². The summed E-state index contributed by atoms with van der Waals surface area (Å²) in [5, 5.41) is 0. The number of hydrogen-bond donors (Lipinski definition) is 0. The SMILES string of the molecule is CC(C)=C1CC(C(C)C)C1=O. The summed E-state index contributed by atoms with van der Waals surface area (Å²) in [5.41, 5.74) is 2.27. The smallest absolute Gasteiger partial charge is 0.162 e. The van der Waals surface area contributed by atoms with Crippen molar-refractivity contribution in [3.05, 3.63) is 11.1 Å². The van der Waals surface area contributed by atoms with E-state index in [1.54, 1.807) is 0 Å². The van der Waals surface area contributed by atoms with Gasteiger partial charge in [-0.15, -0.1) is 0 Å². The number of allylic oxidation sites excluding steroid dienone is 2. The fourth-order valence-corrected chi connectivity index (χ4v) is 1.49. The Hall–Kier alpha value is -0.590. The third-order valence-corrected chi connectivity index (χ3v) is 2.47. The van der Waals surface area contributed by atoms with E-state index >= 15 is 0 Å². The van der Waals surface area contributed by atoms with Crippen LogP contribution in [0.1, 0.15) is 34.1 Å². The first-order chi connectivity index (χ1) is 5.04. The number of rotatable bonds is 1. The molecule has 1 atom stereocenters. The van der Waals surface area contributed by atoms with E-state index in [1.165, 1.54) is 5.57 Å². The fourth-order valence-electron chi connectivity index (χ4n) is 1.49. The molecule has 0 N–H and O–H groups in total. The Balaban J connectivity index is 2.66. The Morgan fingerprint density at radius 2 is 2.00 bits per heavy atom. The van der Waals surface area contributed by atoms with Crippen molar-refractivity contribution in [3.8, 4) is 0 Å². The van der Waals surface area contributed by atoms with Crippen LogP contribution in [0, 0.1) is 11.8 Å². The Bertz CT molecular complexity index is 207. The van der Waals surface area contributed by atoms with Gasteiger partial charge in [-0.3, -0.25) is 4.79 Å². The molecule has 0 spiro atoms. The van der Waals surface area contributed by atoms with E-state index in [2.05, 4.69) is 13.8 Å². The Kier molecular flexibility index (Phi) is 2.17. The highest BCUT2D eigenvalue weighted by Crippen LogP contribution is 2.36. The summed E-state index contributed by atoms with van der Waals surface area (Å²) in [6.07, 6.45) is 1.01. The largest absolute Gasteiger partial charge is 0.294 e. The van der Waals surface area contributed by atoms with Crippen LogP contribution in [0.4, 0.5) is 0 Å². The van der Waals surface area contributed by atoms with Gasteiger partial charge in [0.15, 0.2) is 5.78 Å². The Morgan fingerprint density at radius 3 is 2.27 bits per heavy atom. The van der Waals surface area contributed by atoms with E-state index in [4.69, 9.17) is 0 Å². The molecule has 62 valence electrons. The summed E-state index contributed by atoms with van der Waals surface area (Å²) in [5.74, 6) is 1.23. The molecule has 1 aliphatic rings. The molecule has 0 radical (unpaired) electrons. The van der Waals surface area contributed by atoms with Crippen molar-refractivity contribution in [1.82, 2.24) is 0 Å². The second-order valence-electron chi connectivity index (χ2n) is 3.90. The van der Waals surface area contributed by atoms with Crippen LogP contribution in [0.3, 0.4) is 0 Å². The molecule has 1 heteroatoms. The molecule has 0 amide bonds. The maximum Gasteiger partial charge on any atom is 0.162 e. The van der Waals surface area contributed by atoms with Gasteiger partial charge in [-0.25, -0.2) is 0 Å². The van der Waals surface area contributed by atoms with Gasteiger partial charge in [-0.1, -0.05) is 19.4 Å². The predicted octanol–water partition coefficient (Wildman–Crippen LogP) is 2.57. The minimum Gasteiger partial charge on any atom is -0.294 e. The van der Waals surface area contributed by atoms with E-state index in [-0.39, 0.29) is 0 Å². The molecule has 0 bridgehead atoms. The Labute approximate surface area is 68.5 Å². The van der Waals surface area contributed by atoms with Crippen molar-refractivity contribution in [3.63, 3.8) is 0 Å². The van der Waals surface area contributed by atoms with Gasteiger partial charge in [-0.05, 0) is 31.8 Å². The van der Waals surface area contributed by atoms with E-state index in [0.717, 1.165) is 12.0 Å². The summed E-state index contributed by atoms with van der Waals surface area (Å²) in [4.78, 5) is 11.4. The van der Waals surface area contributed by atoms with Crippen molar-refractivity contribution in [2.24, 2.45) is 11.8 Å². The van der Waals surface area contributed by atoms with Crippen LogP contribution in [0.5, 0.6) is 0 Å². The van der Waals surface area contributed by atoms with Crippen molar-refractivity contribution in [1.29, 1.82) is 0 Å². The van der Waals surface area contributed by atoms with E-state index < -0.39 is 0 Å². The van der Waals surface area contributed by atoms with Gasteiger partial charge in [-0.2, -0.15) is 0 Å².